The number of sulfonamides is 1. The van der Waals surface area contributed by atoms with Crippen molar-refractivity contribution in [3.05, 3.63) is 71.1 Å². The minimum absolute atomic E-state index is 0.00468. The zero-order valence-electron chi connectivity index (χ0n) is 15.6. The van der Waals surface area contributed by atoms with Crippen LogP contribution in [0.3, 0.4) is 0 Å². The Morgan fingerprint density at radius 3 is 2.57 bits per heavy atom. The lowest BCUT2D eigenvalue weighted by Gasteiger charge is -2.12. The van der Waals surface area contributed by atoms with Gasteiger partial charge < -0.3 is 9.47 Å². The van der Waals surface area contributed by atoms with Crippen LogP contribution in [0.1, 0.15) is 12.5 Å². The predicted octanol–water partition coefficient (Wildman–Crippen LogP) is 4.74. The fourth-order valence-electron chi connectivity index (χ4n) is 2.43. The minimum atomic E-state index is -4.05. The zero-order chi connectivity index (χ0) is 21.7. The van der Waals surface area contributed by atoms with Crippen LogP contribution in [0.4, 0.5) is 10.2 Å². The number of benzene rings is 2. The third-order valence-electron chi connectivity index (χ3n) is 3.78. The van der Waals surface area contributed by atoms with Crippen molar-refractivity contribution in [2.45, 2.75) is 11.8 Å². The number of rotatable bonds is 7. The molecule has 0 aliphatic carbocycles. The van der Waals surface area contributed by atoms with Gasteiger partial charge >= 0.3 is 0 Å². The summed E-state index contributed by atoms with van der Waals surface area (Å²) in [4.78, 5) is 3.48. The zero-order valence-corrected chi connectivity index (χ0v) is 17.2. The van der Waals surface area contributed by atoms with Gasteiger partial charge in [-0.05, 0) is 49.4 Å². The van der Waals surface area contributed by atoms with Crippen molar-refractivity contribution >= 4 is 27.4 Å². The van der Waals surface area contributed by atoms with E-state index in [-0.39, 0.29) is 22.0 Å². The van der Waals surface area contributed by atoms with E-state index in [4.69, 9.17) is 21.1 Å². The van der Waals surface area contributed by atoms with Gasteiger partial charge in [-0.3, -0.25) is 4.72 Å². The van der Waals surface area contributed by atoms with Gasteiger partial charge in [0, 0.05) is 6.07 Å². The van der Waals surface area contributed by atoms with E-state index in [0.29, 0.717) is 23.1 Å². The third kappa shape index (κ3) is 4.97. The maximum absolute atomic E-state index is 12.9. The molecule has 3 aromatic rings. The highest BCUT2D eigenvalue weighted by atomic mass is 35.5. The van der Waals surface area contributed by atoms with E-state index in [9.17, 15) is 18.1 Å². The minimum Gasteiger partial charge on any atom is -0.492 e. The fraction of sp³-hybridized carbons (Fsp3) is 0.100. The number of nitriles is 1. The molecule has 0 atom stereocenters. The van der Waals surface area contributed by atoms with Crippen LogP contribution in [-0.4, -0.2) is 20.0 Å². The second-order valence-corrected chi connectivity index (χ2v) is 7.95. The van der Waals surface area contributed by atoms with E-state index in [2.05, 4.69) is 9.71 Å². The summed E-state index contributed by atoms with van der Waals surface area (Å²) in [6, 6.07) is 12.7. The second-order valence-electron chi connectivity index (χ2n) is 5.86. The summed E-state index contributed by atoms with van der Waals surface area (Å²) in [5.41, 5.74) is -0.00468. The normalized spacial score (nSPS) is 10.9. The van der Waals surface area contributed by atoms with Crippen LogP contribution < -0.4 is 14.2 Å². The van der Waals surface area contributed by atoms with E-state index < -0.39 is 15.8 Å². The molecule has 0 amide bonds. The molecule has 0 saturated heterocycles. The summed E-state index contributed by atoms with van der Waals surface area (Å²) in [5, 5.41) is 9.77. The largest absolute Gasteiger partial charge is 0.492 e. The Balaban J connectivity index is 1.85. The number of halogens is 2. The summed E-state index contributed by atoms with van der Waals surface area (Å²) < 4.78 is 51.3. The first-order valence-corrected chi connectivity index (χ1v) is 10.5. The van der Waals surface area contributed by atoms with Gasteiger partial charge in [-0.15, -0.1) is 0 Å². The monoisotopic (exact) mass is 447 g/mol. The molecule has 154 valence electrons. The molecule has 1 aromatic heterocycles. The highest BCUT2D eigenvalue weighted by Gasteiger charge is 2.18. The van der Waals surface area contributed by atoms with E-state index >= 15 is 0 Å². The average molecular weight is 448 g/mol. The van der Waals surface area contributed by atoms with Crippen molar-refractivity contribution in [3.8, 4) is 23.3 Å². The van der Waals surface area contributed by atoms with Crippen LogP contribution in [0.15, 0.2) is 59.6 Å². The maximum atomic E-state index is 12.9. The molecule has 3 rings (SSSR count). The van der Waals surface area contributed by atoms with Gasteiger partial charge in [-0.2, -0.15) is 5.26 Å². The number of aromatic nitrogens is 1. The van der Waals surface area contributed by atoms with Crippen molar-refractivity contribution in [1.29, 1.82) is 5.26 Å². The molecule has 0 unspecified atom stereocenters. The second kappa shape index (κ2) is 8.98. The van der Waals surface area contributed by atoms with Crippen molar-refractivity contribution in [3.63, 3.8) is 0 Å². The highest BCUT2D eigenvalue weighted by Crippen LogP contribution is 2.33. The van der Waals surface area contributed by atoms with E-state index in [1.807, 2.05) is 13.0 Å². The maximum Gasteiger partial charge on any atom is 0.263 e. The van der Waals surface area contributed by atoms with Crippen molar-refractivity contribution in [2.24, 2.45) is 0 Å². The van der Waals surface area contributed by atoms with Crippen LogP contribution in [0.5, 0.6) is 17.2 Å². The average Bonchev–Trinajstić information content (AvgIpc) is 2.72. The molecule has 1 heterocycles. The van der Waals surface area contributed by atoms with Gasteiger partial charge in [0.15, 0.2) is 0 Å². The summed E-state index contributed by atoms with van der Waals surface area (Å²) >= 11 is 6.13. The van der Waals surface area contributed by atoms with Crippen molar-refractivity contribution < 1.29 is 22.3 Å². The summed E-state index contributed by atoms with van der Waals surface area (Å²) in [5.74, 6) is 0.342. The smallest absolute Gasteiger partial charge is 0.263 e. The van der Waals surface area contributed by atoms with Crippen molar-refractivity contribution in [2.75, 3.05) is 11.3 Å². The molecule has 0 aliphatic heterocycles. The molecule has 0 radical (unpaired) electrons. The summed E-state index contributed by atoms with van der Waals surface area (Å²) in [6.45, 7) is 2.28. The lowest BCUT2D eigenvalue weighted by molar-refractivity contribution is 0.340. The molecular weight excluding hydrogens is 433 g/mol. The van der Waals surface area contributed by atoms with Gasteiger partial charge in [-0.25, -0.2) is 17.8 Å². The van der Waals surface area contributed by atoms with Gasteiger partial charge in [-0.1, -0.05) is 11.6 Å². The molecule has 7 nitrogen and oxygen atoms in total. The Bertz CT molecular complexity index is 1210. The van der Waals surface area contributed by atoms with Gasteiger partial charge in [0.1, 0.15) is 35.0 Å². The molecule has 0 bridgehead atoms. The van der Waals surface area contributed by atoms with Crippen LogP contribution in [0.2, 0.25) is 5.02 Å². The van der Waals surface area contributed by atoms with E-state index in [0.717, 1.165) is 18.3 Å². The van der Waals surface area contributed by atoms with Gasteiger partial charge in [0.25, 0.3) is 10.0 Å². The Morgan fingerprint density at radius 2 is 1.93 bits per heavy atom. The van der Waals surface area contributed by atoms with Gasteiger partial charge in [0.05, 0.1) is 28.3 Å². The number of nitrogens with zero attached hydrogens (tertiary/aromatic N) is 2. The number of anilines is 1. The molecule has 0 fully saturated rings. The number of hydrogen-bond donors (Lipinski definition) is 1. The Labute approximate surface area is 177 Å². The standard InChI is InChI=1S/C20H15ClFN3O4S/c1-2-28-19-6-4-15(10-17(19)21)29-18-7-5-16(9-13(18)11-23)30(26,27)25-20-8-3-14(22)12-24-20/h3-10,12H,2H2,1H3,(H,24,25). The van der Waals surface area contributed by atoms with E-state index in [1.54, 1.807) is 12.1 Å². The molecule has 10 heteroatoms. The molecular formula is C20H15ClFN3O4S. The topological polar surface area (TPSA) is 101 Å². The first kappa shape index (κ1) is 21.4. The quantitative estimate of drug-likeness (QED) is 0.561. The highest BCUT2D eigenvalue weighted by molar-refractivity contribution is 7.92. The first-order chi connectivity index (χ1) is 14.3. The van der Waals surface area contributed by atoms with Gasteiger partial charge in [0.2, 0.25) is 0 Å². The lowest BCUT2D eigenvalue weighted by Crippen LogP contribution is -2.14. The third-order valence-corrected chi connectivity index (χ3v) is 5.43. The Hall–Kier alpha value is -3.35. The molecule has 0 spiro atoms. The fourth-order valence-corrected chi connectivity index (χ4v) is 3.69. The molecule has 0 aliphatic rings. The Morgan fingerprint density at radius 1 is 1.17 bits per heavy atom. The number of nitrogens with one attached hydrogen (secondary N) is 1. The molecule has 0 saturated carbocycles. The Kier molecular flexibility index (Phi) is 6.40. The van der Waals surface area contributed by atoms with Crippen LogP contribution in [0.25, 0.3) is 0 Å². The molecule has 2 aromatic carbocycles. The van der Waals surface area contributed by atoms with Crippen LogP contribution >= 0.6 is 11.6 Å². The number of ether oxygens (including phenoxy) is 2. The summed E-state index contributed by atoms with van der Waals surface area (Å²) in [7, 11) is -4.05. The molecule has 30 heavy (non-hydrogen) atoms. The SMILES string of the molecule is CCOc1ccc(Oc2ccc(S(=O)(=O)Nc3ccc(F)cn3)cc2C#N)cc1Cl. The van der Waals surface area contributed by atoms with E-state index in [1.165, 1.54) is 24.3 Å². The first-order valence-electron chi connectivity index (χ1n) is 8.61. The van der Waals surface area contributed by atoms with Crippen LogP contribution in [0, 0.1) is 17.1 Å². The van der Waals surface area contributed by atoms with Crippen molar-refractivity contribution in [1.82, 2.24) is 4.98 Å². The lowest BCUT2D eigenvalue weighted by atomic mass is 10.2. The number of hydrogen-bond acceptors (Lipinski definition) is 6. The summed E-state index contributed by atoms with van der Waals surface area (Å²) in [6.07, 6.45) is 0.886. The molecule has 1 N–H and O–H groups in total. The van der Waals surface area contributed by atoms with Crippen LogP contribution in [-0.2, 0) is 10.0 Å². The predicted molar refractivity (Wildman–Crippen MR) is 109 cm³/mol. The number of pyridine rings is 1.